The van der Waals surface area contributed by atoms with Crippen molar-refractivity contribution in [1.82, 2.24) is 0 Å². The monoisotopic (exact) mass is 381 g/mol. The summed E-state index contributed by atoms with van der Waals surface area (Å²) in [5.74, 6) is 0.733. The summed E-state index contributed by atoms with van der Waals surface area (Å²) in [6.45, 7) is 1.95. The number of thioether (sulfide) groups is 1. The first-order valence-electron chi connectivity index (χ1n) is 8.07. The van der Waals surface area contributed by atoms with Gasteiger partial charge in [-0.05, 0) is 42.8 Å². The highest BCUT2D eigenvalue weighted by Crippen LogP contribution is 2.38. The van der Waals surface area contributed by atoms with E-state index in [4.69, 9.17) is 17.0 Å². The first kappa shape index (κ1) is 16.9. The topological polar surface area (TPSA) is 49.8 Å². The van der Waals surface area contributed by atoms with E-state index in [2.05, 4.69) is 0 Å². The standard InChI is InChI=1S/C20H15NO3S2/c1-12-14(9-13-5-2-3-8-17(13)24-12)10-18-19(23)21(20(25)26-18)15-6-4-7-16(22)11-15/h2-12,22H,1H3/b18-10+/t12-/m1/s1. The van der Waals surface area contributed by atoms with Crippen molar-refractivity contribution in [2.24, 2.45) is 0 Å². The van der Waals surface area contributed by atoms with E-state index in [9.17, 15) is 9.90 Å². The van der Waals surface area contributed by atoms with Gasteiger partial charge in [-0.3, -0.25) is 9.69 Å². The summed E-state index contributed by atoms with van der Waals surface area (Å²) in [5.41, 5.74) is 2.46. The van der Waals surface area contributed by atoms with Gasteiger partial charge in [-0.2, -0.15) is 0 Å². The van der Waals surface area contributed by atoms with E-state index >= 15 is 0 Å². The molecule has 2 aromatic carbocycles. The lowest BCUT2D eigenvalue weighted by Gasteiger charge is -2.23. The van der Waals surface area contributed by atoms with Gasteiger partial charge in [-0.15, -0.1) is 0 Å². The molecule has 130 valence electrons. The minimum absolute atomic E-state index is 0.0918. The number of carbonyl (C=O) groups excluding carboxylic acids is 1. The third kappa shape index (κ3) is 3.02. The smallest absolute Gasteiger partial charge is 0.270 e. The van der Waals surface area contributed by atoms with Crippen LogP contribution < -0.4 is 9.64 Å². The molecule has 1 fully saturated rings. The number of amides is 1. The van der Waals surface area contributed by atoms with Gasteiger partial charge in [0.1, 0.15) is 17.6 Å². The van der Waals surface area contributed by atoms with Crippen molar-refractivity contribution in [2.75, 3.05) is 4.90 Å². The van der Waals surface area contributed by atoms with E-state index in [-0.39, 0.29) is 17.8 Å². The third-order valence-electron chi connectivity index (χ3n) is 4.19. The Morgan fingerprint density at radius 2 is 2.04 bits per heavy atom. The van der Waals surface area contributed by atoms with Gasteiger partial charge in [0.15, 0.2) is 4.32 Å². The first-order chi connectivity index (χ1) is 12.5. The highest BCUT2D eigenvalue weighted by molar-refractivity contribution is 8.27. The van der Waals surface area contributed by atoms with E-state index < -0.39 is 0 Å². The van der Waals surface area contributed by atoms with Gasteiger partial charge >= 0.3 is 0 Å². The van der Waals surface area contributed by atoms with Crippen molar-refractivity contribution >= 4 is 46.0 Å². The van der Waals surface area contributed by atoms with Gasteiger partial charge < -0.3 is 9.84 Å². The fourth-order valence-corrected chi connectivity index (χ4v) is 4.19. The molecule has 1 saturated heterocycles. The summed E-state index contributed by atoms with van der Waals surface area (Å²) in [4.78, 5) is 14.8. The fourth-order valence-electron chi connectivity index (χ4n) is 2.90. The molecule has 26 heavy (non-hydrogen) atoms. The average Bonchev–Trinajstić information content (AvgIpc) is 2.89. The Bertz CT molecular complexity index is 981. The van der Waals surface area contributed by atoms with Crippen molar-refractivity contribution in [1.29, 1.82) is 0 Å². The molecule has 2 aliphatic rings. The second-order valence-corrected chi connectivity index (χ2v) is 7.65. The van der Waals surface area contributed by atoms with Crippen LogP contribution in [0.3, 0.4) is 0 Å². The largest absolute Gasteiger partial charge is 0.508 e. The number of nitrogens with zero attached hydrogens (tertiary/aromatic N) is 1. The molecule has 1 atom stereocenters. The summed E-state index contributed by atoms with van der Waals surface area (Å²) in [5, 5.41) is 9.67. The minimum Gasteiger partial charge on any atom is -0.508 e. The number of benzene rings is 2. The number of ether oxygens (including phenoxy) is 1. The minimum atomic E-state index is -0.197. The zero-order chi connectivity index (χ0) is 18.3. The molecule has 0 radical (unpaired) electrons. The number of hydrogen-bond acceptors (Lipinski definition) is 5. The van der Waals surface area contributed by atoms with Crippen molar-refractivity contribution < 1.29 is 14.6 Å². The molecule has 0 bridgehead atoms. The zero-order valence-electron chi connectivity index (χ0n) is 13.9. The number of rotatable bonds is 2. The predicted molar refractivity (Wildman–Crippen MR) is 108 cm³/mol. The lowest BCUT2D eigenvalue weighted by atomic mass is 10.0. The Kier molecular flexibility index (Phi) is 4.30. The number of aromatic hydroxyl groups is 1. The summed E-state index contributed by atoms with van der Waals surface area (Å²) >= 11 is 6.63. The Hall–Kier alpha value is -2.57. The number of thiocarbonyl (C=S) groups is 1. The number of phenolic OH excluding ortho intramolecular Hbond substituents is 1. The lowest BCUT2D eigenvalue weighted by Crippen LogP contribution is -2.27. The molecule has 2 heterocycles. The van der Waals surface area contributed by atoms with Crippen molar-refractivity contribution in [3.63, 3.8) is 0 Å². The summed E-state index contributed by atoms with van der Waals surface area (Å²) < 4.78 is 6.37. The number of fused-ring (bicyclic) bond motifs is 1. The summed E-state index contributed by atoms with van der Waals surface area (Å²) in [7, 11) is 0. The van der Waals surface area contributed by atoms with E-state index in [1.807, 2.05) is 43.3 Å². The van der Waals surface area contributed by atoms with Gasteiger partial charge in [-0.1, -0.05) is 48.2 Å². The van der Waals surface area contributed by atoms with Crippen LogP contribution in [0.4, 0.5) is 5.69 Å². The summed E-state index contributed by atoms with van der Waals surface area (Å²) in [6.07, 6.45) is 3.71. The van der Waals surface area contributed by atoms with Gasteiger partial charge in [0.25, 0.3) is 5.91 Å². The SMILES string of the molecule is C[C@H]1Oc2ccccc2C=C1/C=C1/SC(=S)N(c2cccc(O)c2)C1=O. The molecule has 0 spiro atoms. The Morgan fingerprint density at radius 1 is 1.23 bits per heavy atom. The fraction of sp³-hybridized carbons (Fsp3) is 0.100. The second kappa shape index (κ2) is 6.63. The predicted octanol–water partition coefficient (Wildman–Crippen LogP) is 4.51. The van der Waals surface area contributed by atoms with Gasteiger partial charge in [-0.25, -0.2) is 0 Å². The van der Waals surface area contributed by atoms with E-state index in [0.29, 0.717) is 14.9 Å². The number of carbonyl (C=O) groups is 1. The van der Waals surface area contributed by atoms with Crippen LogP contribution in [-0.4, -0.2) is 21.4 Å². The number of hydrogen-bond donors (Lipinski definition) is 1. The molecule has 4 rings (SSSR count). The van der Waals surface area contributed by atoms with E-state index in [1.165, 1.54) is 22.7 Å². The van der Waals surface area contributed by atoms with E-state index in [0.717, 1.165) is 16.9 Å². The van der Waals surface area contributed by atoms with Gasteiger partial charge in [0, 0.05) is 11.6 Å². The van der Waals surface area contributed by atoms with Gasteiger partial charge in [0.05, 0.1) is 10.6 Å². The zero-order valence-corrected chi connectivity index (χ0v) is 15.5. The highest BCUT2D eigenvalue weighted by atomic mass is 32.2. The van der Waals surface area contributed by atoms with Crippen LogP contribution in [0.2, 0.25) is 0 Å². The maximum absolute atomic E-state index is 12.9. The molecule has 4 nitrogen and oxygen atoms in total. The second-order valence-electron chi connectivity index (χ2n) is 5.98. The number of para-hydroxylation sites is 1. The molecular weight excluding hydrogens is 366 g/mol. The molecule has 2 aromatic rings. The molecule has 1 amide bonds. The van der Waals surface area contributed by atoms with Crippen LogP contribution in [0.1, 0.15) is 12.5 Å². The number of phenols is 1. The molecule has 0 saturated carbocycles. The lowest BCUT2D eigenvalue weighted by molar-refractivity contribution is -0.113. The maximum atomic E-state index is 12.9. The maximum Gasteiger partial charge on any atom is 0.270 e. The molecule has 0 unspecified atom stereocenters. The van der Waals surface area contributed by atoms with Crippen LogP contribution in [0.25, 0.3) is 6.08 Å². The molecule has 0 aliphatic carbocycles. The van der Waals surface area contributed by atoms with Crippen LogP contribution in [-0.2, 0) is 4.79 Å². The Morgan fingerprint density at radius 3 is 2.85 bits per heavy atom. The van der Waals surface area contributed by atoms with Crippen molar-refractivity contribution in [2.45, 2.75) is 13.0 Å². The van der Waals surface area contributed by atoms with E-state index in [1.54, 1.807) is 18.2 Å². The average molecular weight is 381 g/mol. The molecule has 2 aliphatic heterocycles. The highest BCUT2D eigenvalue weighted by Gasteiger charge is 2.34. The van der Waals surface area contributed by atoms with Crippen LogP contribution in [0.5, 0.6) is 11.5 Å². The Balaban J connectivity index is 1.68. The molecule has 0 aromatic heterocycles. The van der Waals surface area contributed by atoms with Crippen LogP contribution in [0.15, 0.2) is 65.1 Å². The third-order valence-corrected chi connectivity index (χ3v) is 5.50. The van der Waals surface area contributed by atoms with Crippen molar-refractivity contribution in [3.05, 3.63) is 70.6 Å². The van der Waals surface area contributed by atoms with Crippen molar-refractivity contribution in [3.8, 4) is 11.5 Å². The molecule has 1 N–H and O–H groups in total. The van der Waals surface area contributed by atoms with Gasteiger partial charge in [0.2, 0.25) is 0 Å². The quantitative estimate of drug-likeness (QED) is 0.613. The molecule has 6 heteroatoms. The molecular formula is C20H15NO3S2. The summed E-state index contributed by atoms with van der Waals surface area (Å²) in [6, 6.07) is 14.3. The first-order valence-corrected chi connectivity index (χ1v) is 9.29. The Labute approximate surface area is 160 Å². The normalized spacial score (nSPS) is 20.8. The van der Waals surface area contributed by atoms with Crippen LogP contribution in [0, 0.1) is 0 Å². The number of anilines is 1. The van der Waals surface area contributed by atoms with Crippen LogP contribution >= 0.6 is 24.0 Å².